The molecule has 0 spiro atoms. The molecule has 330 valence electrons. The number of aliphatic hydroxyl groups excluding tert-OH is 3. The van der Waals surface area contributed by atoms with E-state index in [1.54, 1.807) is 0 Å². The van der Waals surface area contributed by atoms with E-state index >= 15 is 0 Å². The molecule has 0 aliphatic rings. The van der Waals surface area contributed by atoms with Crippen LogP contribution < -0.4 is 104 Å². The number of rotatable bonds is 33. The summed E-state index contributed by atoms with van der Waals surface area (Å²) < 4.78 is 0. The van der Waals surface area contributed by atoms with Crippen molar-refractivity contribution in [1.82, 2.24) is 29.4 Å². The van der Waals surface area contributed by atoms with Crippen molar-refractivity contribution in [3.8, 4) is 0 Å². The molecule has 0 saturated heterocycles. The summed E-state index contributed by atoms with van der Waals surface area (Å²) in [6, 6.07) is 0. The van der Waals surface area contributed by atoms with Gasteiger partial charge in [-0.2, -0.15) is 0 Å². The molecule has 0 aromatic carbocycles. The summed E-state index contributed by atoms with van der Waals surface area (Å²) in [7, 11) is 0. The van der Waals surface area contributed by atoms with E-state index in [4.69, 9.17) is 46.0 Å². The Labute approximate surface area is 410 Å². The largest absolute Gasteiger partial charge is 1.00 e. The summed E-state index contributed by atoms with van der Waals surface area (Å²) in [5.74, 6) is -11.0. The van der Waals surface area contributed by atoms with Crippen molar-refractivity contribution in [3.05, 3.63) is 0 Å². The number of aliphatic carboxylic acids is 9. The third-order valence-electron chi connectivity index (χ3n) is 6.66. The molecule has 0 atom stereocenters. The minimum atomic E-state index is -1.32. The van der Waals surface area contributed by atoms with Crippen molar-refractivity contribution >= 4 is 53.7 Å². The molecule has 0 aliphatic heterocycles. The number of hydrogen-bond donors (Lipinski definition) is 9. The van der Waals surface area contributed by atoms with Gasteiger partial charge in [-0.1, -0.05) is 0 Å². The molecule has 0 amide bonds. The zero-order valence-electron chi connectivity index (χ0n) is 34.0. The molecule has 0 fully saturated rings. The number of carbonyl (C=O) groups excluding carboxylic acids is 3. The number of carboxylic acid groups (broad SMARTS) is 9. The van der Waals surface area contributed by atoms with Crippen LogP contribution in [0, 0.1) is 0 Å². The fraction of sp³-hybridized carbons (Fsp3) is 0.700. The van der Waals surface area contributed by atoms with Crippen LogP contribution >= 0.6 is 0 Å². The summed E-state index contributed by atoms with van der Waals surface area (Å²) in [4.78, 5) is 102. The van der Waals surface area contributed by atoms with Gasteiger partial charge in [0.25, 0.3) is 0 Å². The molecule has 0 rings (SSSR count). The fourth-order valence-electron chi connectivity index (χ4n) is 4.42. The summed E-state index contributed by atoms with van der Waals surface area (Å²) >= 11 is 0. The Morgan fingerprint density at radius 3 is 0.550 bits per heavy atom. The maximum absolute atomic E-state index is 10.5. The Kier molecular flexibility index (Phi) is 50.5. The van der Waals surface area contributed by atoms with E-state index in [9.17, 15) is 58.5 Å². The molecule has 0 radical (unpaired) electrons. The van der Waals surface area contributed by atoms with Crippen molar-refractivity contribution < 1.29 is 193 Å². The molecule has 0 aliphatic carbocycles. The first-order valence-corrected chi connectivity index (χ1v) is 16.6. The monoisotopic (exact) mass is 900 g/mol. The molecule has 0 heterocycles. The number of nitrogens with zero attached hydrogens (tertiary/aromatic N) is 6. The minimum Gasteiger partial charge on any atom is -0.549 e. The first kappa shape index (κ1) is 69.6. The van der Waals surface area contributed by atoms with Crippen LogP contribution in [0.25, 0.3) is 0 Å². The predicted molar refractivity (Wildman–Crippen MR) is 181 cm³/mol. The van der Waals surface area contributed by atoms with Gasteiger partial charge in [0.1, 0.15) is 0 Å². The van der Waals surface area contributed by atoms with Crippen LogP contribution in [-0.2, 0) is 43.2 Å². The second kappa shape index (κ2) is 43.5. The second-order valence-corrected chi connectivity index (χ2v) is 11.6. The molecule has 30 heteroatoms. The molecule has 0 bridgehead atoms. The van der Waals surface area contributed by atoms with Crippen molar-refractivity contribution in [2.24, 2.45) is 0 Å². The number of aliphatic hydroxyl groups is 3. The minimum absolute atomic E-state index is 0. The standard InChI is InChI=1S/3C10H18N2O7.3Na/c3*13-4-3-11(5-8(14)15)1-2-12(6-9(16)17)7-10(18)19;;;/h3*13H,1-7H2,(H,14,15)(H,16,17)(H,18,19);;;/q;;;3*+1/p-3. The third kappa shape index (κ3) is 50.2. The van der Waals surface area contributed by atoms with Crippen molar-refractivity contribution in [2.75, 3.05) is 138 Å². The van der Waals surface area contributed by atoms with Gasteiger partial charge in [-0.05, 0) is 0 Å². The predicted octanol–water partition coefficient (Wildman–Crippen LogP) is -19.5. The average Bonchev–Trinajstić information content (AvgIpc) is 3.03. The Morgan fingerprint density at radius 1 is 0.283 bits per heavy atom. The zero-order chi connectivity index (χ0) is 44.5. The van der Waals surface area contributed by atoms with E-state index in [0.717, 1.165) is 14.7 Å². The van der Waals surface area contributed by atoms with E-state index < -0.39 is 113 Å². The van der Waals surface area contributed by atoms with Gasteiger partial charge in [0.05, 0.1) is 77.0 Å². The molecule has 0 saturated carbocycles. The molecular formula is C30H51N6Na3O21. The topological polar surface area (TPSA) is 424 Å². The Bertz CT molecular complexity index is 1080. The average molecular weight is 901 g/mol. The molecule has 0 unspecified atom stereocenters. The third-order valence-corrected chi connectivity index (χ3v) is 6.66. The van der Waals surface area contributed by atoms with Crippen LogP contribution in [0.1, 0.15) is 0 Å². The van der Waals surface area contributed by atoms with Crippen molar-refractivity contribution in [2.45, 2.75) is 0 Å². The van der Waals surface area contributed by atoms with Crippen LogP contribution in [0.2, 0.25) is 0 Å². The molecule has 60 heavy (non-hydrogen) atoms. The van der Waals surface area contributed by atoms with E-state index in [2.05, 4.69) is 0 Å². The quantitative estimate of drug-likeness (QED) is 0.0276. The van der Waals surface area contributed by atoms with Gasteiger partial charge in [0.2, 0.25) is 0 Å². The van der Waals surface area contributed by atoms with Gasteiger partial charge < -0.3 is 75.7 Å². The summed E-state index contributed by atoms with van der Waals surface area (Å²) in [5.41, 5.74) is 0. The maximum Gasteiger partial charge on any atom is 1.00 e. The summed E-state index contributed by atoms with van der Waals surface area (Å²) in [6.07, 6.45) is 0. The number of carboxylic acids is 9. The molecule has 27 nitrogen and oxygen atoms in total. The molecule has 9 N–H and O–H groups in total. The first-order valence-electron chi connectivity index (χ1n) is 16.6. The van der Waals surface area contributed by atoms with E-state index in [-0.39, 0.29) is 167 Å². The maximum atomic E-state index is 10.5. The summed E-state index contributed by atoms with van der Waals surface area (Å²) in [5, 5.41) is 109. The van der Waals surface area contributed by atoms with E-state index in [1.165, 1.54) is 14.7 Å². The van der Waals surface area contributed by atoms with Crippen molar-refractivity contribution in [1.29, 1.82) is 0 Å². The van der Waals surface area contributed by atoms with Crippen LogP contribution in [-0.4, -0.2) is 267 Å². The van der Waals surface area contributed by atoms with Gasteiger partial charge in [0, 0.05) is 78.5 Å². The fourth-order valence-corrected chi connectivity index (χ4v) is 4.42. The van der Waals surface area contributed by atoms with Gasteiger partial charge >= 0.3 is 124 Å². The molecule has 0 aromatic heterocycles. The zero-order valence-corrected chi connectivity index (χ0v) is 40.0. The van der Waals surface area contributed by atoms with E-state index in [1.807, 2.05) is 0 Å². The SMILES string of the molecule is O=C([O-])CN(CCO)CCN(CC(=O)O)CC(=O)O.O=C([O-])CN(CCO)CCN(CC(=O)O)CC(=O)O.O=C([O-])CN(CCO)CCN(CC(=O)O)CC(=O)O.[Na+].[Na+].[Na+]. The van der Waals surface area contributed by atoms with E-state index in [0.29, 0.717) is 0 Å². The molecular weight excluding hydrogens is 849 g/mol. The Hall–Kier alpha value is -2.13. The second-order valence-electron chi connectivity index (χ2n) is 11.6. The first-order chi connectivity index (χ1) is 26.5. The number of hydrogen-bond acceptors (Lipinski definition) is 21. The van der Waals surface area contributed by atoms with Crippen LogP contribution in [0.5, 0.6) is 0 Å². The van der Waals surface area contributed by atoms with Gasteiger partial charge in [-0.15, -0.1) is 0 Å². The normalized spacial score (nSPS) is 10.3. The summed E-state index contributed by atoms with van der Waals surface area (Å²) in [6.45, 7) is -3.92. The van der Waals surface area contributed by atoms with Gasteiger partial charge in [-0.3, -0.25) is 58.2 Å². The van der Waals surface area contributed by atoms with Crippen LogP contribution in [0.4, 0.5) is 0 Å². The number of carbonyl (C=O) groups is 9. The van der Waals surface area contributed by atoms with Gasteiger partial charge in [-0.25, -0.2) is 0 Å². The van der Waals surface area contributed by atoms with Crippen LogP contribution in [0.3, 0.4) is 0 Å². The smallest absolute Gasteiger partial charge is 0.549 e. The van der Waals surface area contributed by atoms with Crippen LogP contribution in [0.15, 0.2) is 0 Å². The van der Waals surface area contributed by atoms with Gasteiger partial charge in [0.15, 0.2) is 0 Å². The Balaban J connectivity index is -0.000000178. The van der Waals surface area contributed by atoms with Crippen molar-refractivity contribution in [3.63, 3.8) is 0 Å². The molecule has 0 aromatic rings. The Morgan fingerprint density at radius 2 is 0.433 bits per heavy atom.